The second kappa shape index (κ2) is 6.17. The first kappa shape index (κ1) is 15.4. The van der Waals surface area contributed by atoms with Crippen LogP contribution in [-0.2, 0) is 6.42 Å². The molecule has 2 unspecified atom stereocenters. The van der Waals surface area contributed by atoms with Crippen LogP contribution in [0.5, 0.6) is 5.75 Å². The molecule has 1 aromatic carbocycles. The first-order chi connectivity index (χ1) is 9.45. The van der Waals surface area contributed by atoms with E-state index >= 15 is 0 Å². The summed E-state index contributed by atoms with van der Waals surface area (Å²) in [6, 6.07) is 6.48. The van der Waals surface area contributed by atoms with Gasteiger partial charge in [-0.15, -0.1) is 0 Å². The van der Waals surface area contributed by atoms with E-state index in [1.54, 1.807) is 7.11 Å². The zero-order chi connectivity index (χ0) is 14.8. The number of methoxy groups -OCH3 is 1. The topological polar surface area (TPSA) is 35.2 Å². The van der Waals surface area contributed by atoms with E-state index in [-0.39, 0.29) is 0 Å². The lowest BCUT2D eigenvalue weighted by atomic mass is 9.65. The Bertz CT molecular complexity index is 453. The maximum Gasteiger partial charge on any atom is 0.122 e. The van der Waals surface area contributed by atoms with Crippen LogP contribution in [0.2, 0.25) is 0 Å². The molecule has 1 aliphatic rings. The minimum absolute atomic E-state index is 0.452. The number of benzene rings is 1. The molecule has 2 heteroatoms. The molecular formula is C18H29NO. The van der Waals surface area contributed by atoms with Crippen molar-refractivity contribution in [3.63, 3.8) is 0 Å². The fourth-order valence-electron chi connectivity index (χ4n) is 3.69. The Kier molecular flexibility index (Phi) is 4.74. The van der Waals surface area contributed by atoms with Crippen LogP contribution in [0.3, 0.4) is 0 Å². The van der Waals surface area contributed by atoms with Gasteiger partial charge in [0.1, 0.15) is 5.75 Å². The molecule has 0 saturated heterocycles. The van der Waals surface area contributed by atoms with E-state index in [4.69, 9.17) is 10.5 Å². The van der Waals surface area contributed by atoms with Crippen LogP contribution in [0.4, 0.5) is 0 Å². The number of hydrogen-bond donors (Lipinski definition) is 1. The van der Waals surface area contributed by atoms with Crippen molar-refractivity contribution < 1.29 is 4.74 Å². The van der Waals surface area contributed by atoms with Gasteiger partial charge in [0.05, 0.1) is 7.11 Å². The van der Waals surface area contributed by atoms with Gasteiger partial charge in [-0.05, 0) is 68.0 Å². The van der Waals surface area contributed by atoms with Crippen LogP contribution in [0.1, 0.15) is 44.2 Å². The highest BCUT2D eigenvalue weighted by molar-refractivity contribution is 5.37. The smallest absolute Gasteiger partial charge is 0.122 e. The molecule has 1 aliphatic carbocycles. The molecule has 20 heavy (non-hydrogen) atoms. The van der Waals surface area contributed by atoms with Crippen molar-refractivity contribution in [2.45, 2.75) is 46.5 Å². The van der Waals surface area contributed by atoms with E-state index in [0.717, 1.165) is 18.7 Å². The van der Waals surface area contributed by atoms with Gasteiger partial charge in [-0.1, -0.05) is 31.5 Å². The Morgan fingerprint density at radius 3 is 2.70 bits per heavy atom. The summed E-state index contributed by atoms with van der Waals surface area (Å²) in [5, 5.41) is 0. The minimum atomic E-state index is 0.452. The summed E-state index contributed by atoms with van der Waals surface area (Å²) in [7, 11) is 1.76. The average molecular weight is 275 g/mol. The van der Waals surface area contributed by atoms with Crippen LogP contribution in [0.25, 0.3) is 0 Å². The molecule has 0 spiro atoms. The first-order valence-corrected chi connectivity index (χ1v) is 7.79. The molecule has 2 N–H and O–H groups in total. The summed E-state index contributed by atoms with van der Waals surface area (Å²) in [4.78, 5) is 0. The summed E-state index contributed by atoms with van der Waals surface area (Å²) >= 11 is 0. The molecule has 0 amide bonds. The summed E-state index contributed by atoms with van der Waals surface area (Å²) in [5.74, 6) is 2.36. The van der Waals surface area contributed by atoms with Gasteiger partial charge >= 0.3 is 0 Å². The van der Waals surface area contributed by atoms with Crippen LogP contribution < -0.4 is 10.5 Å². The Morgan fingerprint density at radius 2 is 2.05 bits per heavy atom. The first-order valence-electron chi connectivity index (χ1n) is 7.79. The lowest BCUT2D eigenvalue weighted by Crippen LogP contribution is -2.35. The molecule has 1 saturated carbocycles. The van der Waals surface area contributed by atoms with Crippen LogP contribution >= 0.6 is 0 Å². The summed E-state index contributed by atoms with van der Waals surface area (Å²) in [5.41, 5.74) is 9.10. The van der Waals surface area contributed by atoms with E-state index in [2.05, 4.69) is 39.0 Å². The van der Waals surface area contributed by atoms with Crippen LogP contribution in [0.15, 0.2) is 18.2 Å². The van der Waals surface area contributed by atoms with Gasteiger partial charge in [0, 0.05) is 0 Å². The Balaban J connectivity index is 2.20. The van der Waals surface area contributed by atoms with Crippen molar-refractivity contribution >= 4 is 0 Å². The average Bonchev–Trinajstić information content (AvgIpc) is 2.38. The third-order valence-electron chi connectivity index (χ3n) is 4.89. The normalized spacial score (nSPS) is 25.4. The van der Waals surface area contributed by atoms with Crippen molar-refractivity contribution in [2.24, 2.45) is 23.0 Å². The number of nitrogens with two attached hydrogens (primary N) is 1. The minimum Gasteiger partial charge on any atom is -0.496 e. The molecule has 0 bridgehead atoms. The zero-order valence-corrected chi connectivity index (χ0v) is 13.4. The maximum absolute atomic E-state index is 6.01. The molecule has 2 nitrogen and oxygen atoms in total. The Morgan fingerprint density at radius 1 is 1.30 bits per heavy atom. The summed E-state index contributed by atoms with van der Waals surface area (Å²) in [6.07, 6.45) is 4.93. The van der Waals surface area contributed by atoms with E-state index < -0.39 is 0 Å². The fraction of sp³-hybridized carbons (Fsp3) is 0.667. The van der Waals surface area contributed by atoms with Crippen LogP contribution in [0, 0.1) is 24.2 Å². The third-order valence-corrected chi connectivity index (χ3v) is 4.89. The molecule has 1 aromatic rings. The predicted molar refractivity (Wildman–Crippen MR) is 85.1 cm³/mol. The van der Waals surface area contributed by atoms with Crippen molar-refractivity contribution in [1.29, 1.82) is 0 Å². The van der Waals surface area contributed by atoms with Gasteiger partial charge in [-0.25, -0.2) is 0 Å². The summed E-state index contributed by atoms with van der Waals surface area (Å²) < 4.78 is 5.53. The number of rotatable bonds is 4. The monoisotopic (exact) mass is 275 g/mol. The Hall–Kier alpha value is -1.02. The molecule has 112 valence electrons. The highest BCUT2D eigenvalue weighted by atomic mass is 16.5. The van der Waals surface area contributed by atoms with E-state index in [1.165, 1.54) is 30.4 Å². The SMILES string of the molecule is COc1ccc(C)cc1CC1CC(C)(C)CCC1CN. The molecule has 0 radical (unpaired) electrons. The van der Waals surface area contributed by atoms with Crippen LogP contribution in [-0.4, -0.2) is 13.7 Å². The second-order valence-electron chi connectivity index (χ2n) is 7.18. The summed E-state index contributed by atoms with van der Waals surface area (Å²) in [6.45, 7) is 7.74. The van der Waals surface area contributed by atoms with E-state index in [1.807, 2.05) is 0 Å². The van der Waals surface area contributed by atoms with Gasteiger partial charge < -0.3 is 10.5 Å². The Labute approximate surface area is 123 Å². The predicted octanol–water partition coefficient (Wildman–Crippen LogP) is 3.95. The second-order valence-corrected chi connectivity index (χ2v) is 7.18. The zero-order valence-electron chi connectivity index (χ0n) is 13.4. The van der Waals surface area contributed by atoms with Crippen molar-refractivity contribution in [3.05, 3.63) is 29.3 Å². The standard InChI is InChI=1S/C18H29NO/c1-13-5-6-17(20-4)15(9-13)10-16-11-18(2,3)8-7-14(16)12-19/h5-6,9,14,16H,7-8,10-12,19H2,1-4H3. The van der Waals surface area contributed by atoms with Gasteiger partial charge in [-0.3, -0.25) is 0 Å². The molecule has 2 rings (SSSR count). The van der Waals surface area contributed by atoms with Gasteiger partial charge in [0.2, 0.25) is 0 Å². The molecule has 0 heterocycles. The fourth-order valence-corrected chi connectivity index (χ4v) is 3.69. The highest BCUT2D eigenvalue weighted by Crippen LogP contribution is 2.43. The molecule has 0 aliphatic heterocycles. The lowest BCUT2D eigenvalue weighted by Gasteiger charge is -2.40. The number of hydrogen-bond acceptors (Lipinski definition) is 2. The lowest BCUT2D eigenvalue weighted by molar-refractivity contribution is 0.121. The van der Waals surface area contributed by atoms with Crippen molar-refractivity contribution in [1.82, 2.24) is 0 Å². The third kappa shape index (κ3) is 3.54. The van der Waals surface area contributed by atoms with E-state index in [9.17, 15) is 0 Å². The van der Waals surface area contributed by atoms with Gasteiger partial charge in [0.15, 0.2) is 0 Å². The molecule has 0 aromatic heterocycles. The maximum atomic E-state index is 6.01. The van der Waals surface area contributed by atoms with Crippen molar-refractivity contribution in [3.8, 4) is 5.75 Å². The van der Waals surface area contributed by atoms with Crippen molar-refractivity contribution in [2.75, 3.05) is 13.7 Å². The number of aryl methyl sites for hydroxylation is 1. The highest BCUT2D eigenvalue weighted by Gasteiger charge is 2.34. The molecule has 1 fully saturated rings. The largest absolute Gasteiger partial charge is 0.496 e. The van der Waals surface area contributed by atoms with E-state index in [0.29, 0.717) is 17.3 Å². The molecular weight excluding hydrogens is 246 g/mol. The molecule has 2 atom stereocenters. The number of ether oxygens (including phenoxy) is 1. The van der Waals surface area contributed by atoms with Gasteiger partial charge in [0.25, 0.3) is 0 Å². The quantitative estimate of drug-likeness (QED) is 0.903. The van der Waals surface area contributed by atoms with Gasteiger partial charge in [-0.2, -0.15) is 0 Å².